The van der Waals surface area contributed by atoms with Crippen LogP contribution in [0.2, 0.25) is 0 Å². The van der Waals surface area contributed by atoms with Gasteiger partial charge in [0.05, 0.1) is 0 Å². The summed E-state index contributed by atoms with van der Waals surface area (Å²) in [6.45, 7) is 1.97. The van der Waals surface area contributed by atoms with Crippen molar-refractivity contribution in [1.29, 1.82) is 0 Å². The molecule has 2 aromatic carbocycles. The van der Waals surface area contributed by atoms with Crippen molar-refractivity contribution in [3.63, 3.8) is 0 Å². The van der Waals surface area contributed by atoms with Crippen LogP contribution < -0.4 is 5.73 Å². The fourth-order valence-corrected chi connectivity index (χ4v) is 1.83. The van der Waals surface area contributed by atoms with Gasteiger partial charge in [0.2, 0.25) is 0 Å². The van der Waals surface area contributed by atoms with E-state index in [2.05, 4.69) is 0 Å². The zero-order chi connectivity index (χ0) is 12.4. The van der Waals surface area contributed by atoms with E-state index in [1.807, 2.05) is 31.2 Å². The number of aromatic hydroxyl groups is 1. The first kappa shape index (κ1) is 11.5. The summed E-state index contributed by atoms with van der Waals surface area (Å²) in [7, 11) is 0. The molecular formula is C14H15NO2. The maximum Gasteiger partial charge on any atom is 0.117 e. The summed E-state index contributed by atoms with van der Waals surface area (Å²) in [4.78, 5) is 0. The van der Waals surface area contributed by atoms with Gasteiger partial charge in [0.1, 0.15) is 11.9 Å². The van der Waals surface area contributed by atoms with Gasteiger partial charge in [-0.1, -0.05) is 35.9 Å². The molecule has 0 aliphatic carbocycles. The number of aryl methyl sites for hydroxylation is 1. The fourth-order valence-electron chi connectivity index (χ4n) is 1.83. The van der Waals surface area contributed by atoms with Gasteiger partial charge < -0.3 is 15.9 Å². The number of benzene rings is 2. The highest BCUT2D eigenvalue weighted by Crippen LogP contribution is 2.29. The van der Waals surface area contributed by atoms with Gasteiger partial charge in [-0.3, -0.25) is 0 Å². The smallest absolute Gasteiger partial charge is 0.117 e. The van der Waals surface area contributed by atoms with E-state index in [4.69, 9.17) is 5.73 Å². The largest absolute Gasteiger partial charge is 0.508 e. The standard InChI is InChI=1S/C14H15NO2/c1-9-3-2-4-10(7-9)14(17)12-6-5-11(16)8-13(12)15/h2-8,14,16-17H,15H2,1H3. The van der Waals surface area contributed by atoms with Crippen LogP contribution in [0.1, 0.15) is 22.8 Å². The Bertz CT molecular complexity index is 537. The second-order valence-electron chi connectivity index (χ2n) is 4.13. The Morgan fingerprint density at radius 3 is 2.53 bits per heavy atom. The molecule has 0 aliphatic heterocycles. The summed E-state index contributed by atoms with van der Waals surface area (Å²) >= 11 is 0. The van der Waals surface area contributed by atoms with Gasteiger partial charge >= 0.3 is 0 Å². The first-order valence-electron chi connectivity index (χ1n) is 5.41. The average Bonchev–Trinajstić information content (AvgIpc) is 2.28. The Labute approximate surface area is 100 Å². The lowest BCUT2D eigenvalue weighted by Crippen LogP contribution is -2.03. The molecule has 17 heavy (non-hydrogen) atoms. The van der Waals surface area contributed by atoms with Gasteiger partial charge in [0, 0.05) is 17.3 Å². The molecule has 0 saturated heterocycles. The third-order valence-electron chi connectivity index (χ3n) is 2.72. The maximum absolute atomic E-state index is 10.2. The van der Waals surface area contributed by atoms with Gasteiger partial charge in [-0.25, -0.2) is 0 Å². The molecule has 2 aromatic rings. The third-order valence-corrected chi connectivity index (χ3v) is 2.72. The molecule has 0 heterocycles. The Kier molecular flexibility index (Phi) is 3.02. The first-order chi connectivity index (χ1) is 8.08. The van der Waals surface area contributed by atoms with Crippen molar-refractivity contribution in [1.82, 2.24) is 0 Å². The normalized spacial score (nSPS) is 12.4. The fraction of sp³-hybridized carbons (Fsp3) is 0.143. The number of phenols is 1. The number of anilines is 1. The van der Waals surface area contributed by atoms with Crippen LogP contribution in [-0.4, -0.2) is 10.2 Å². The van der Waals surface area contributed by atoms with Crippen molar-refractivity contribution in [3.05, 3.63) is 59.2 Å². The molecule has 0 aromatic heterocycles. The lowest BCUT2D eigenvalue weighted by molar-refractivity contribution is 0.221. The van der Waals surface area contributed by atoms with Crippen LogP contribution in [0, 0.1) is 6.92 Å². The molecule has 0 spiro atoms. The van der Waals surface area contributed by atoms with Crippen molar-refractivity contribution in [2.75, 3.05) is 5.73 Å². The quantitative estimate of drug-likeness (QED) is 0.692. The molecule has 88 valence electrons. The lowest BCUT2D eigenvalue weighted by atomic mass is 9.98. The van der Waals surface area contributed by atoms with Gasteiger partial charge in [0.25, 0.3) is 0 Å². The minimum atomic E-state index is -0.768. The SMILES string of the molecule is Cc1cccc(C(O)c2ccc(O)cc2N)c1. The van der Waals surface area contributed by atoms with E-state index >= 15 is 0 Å². The Hall–Kier alpha value is -2.00. The van der Waals surface area contributed by atoms with E-state index in [1.54, 1.807) is 6.07 Å². The van der Waals surface area contributed by atoms with E-state index in [9.17, 15) is 10.2 Å². The van der Waals surface area contributed by atoms with Gasteiger partial charge in [-0.05, 0) is 18.6 Å². The minimum absolute atomic E-state index is 0.0997. The van der Waals surface area contributed by atoms with Crippen molar-refractivity contribution in [2.24, 2.45) is 0 Å². The molecule has 0 radical (unpaired) electrons. The third kappa shape index (κ3) is 2.40. The average molecular weight is 229 g/mol. The van der Waals surface area contributed by atoms with Gasteiger partial charge in [-0.15, -0.1) is 0 Å². The first-order valence-corrected chi connectivity index (χ1v) is 5.41. The highest BCUT2D eigenvalue weighted by Gasteiger charge is 2.13. The molecule has 0 aliphatic rings. The van der Waals surface area contributed by atoms with E-state index in [0.717, 1.165) is 11.1 Å². The van der Waals surface area contributed by atoms with Gasteiger partial charge in [-0.2, -0.15) is 0 Å². The number of nitrogens with two attached hydrogens (primary N) is 1. The van der Waals surface area contributed by atoms with E-state index in [1.165, 1.54) is 12.1 Å². The number of hydrogen-bond donors (Lipinski definition) is 3. The number of hydrogen-bond acceptors (Lipinski definition) is 3. The monoisotopic (exact) mass is 229 g/mol. The lowest BCUT2D eigenvalue weighted by Gasteiger charge is -2.14. The predicted molar refractivity (Wildman–Crippen MR) is 67.8 cm³/mol. The summed E-state index contributed by atoms with van der Waals surface area (Å²) in [6.07, 6.45) is -0.768. The van der Waals surface area contributed by atoms with Crippen LogP contribution in [0.15, 0.2) is 42.5 Å². The molecule has 0 saturated carbocycles. The zero-order valence-electron chi connectivity index (χ0n) is 9.59. The Morgan fingerprint density at radius 1 is 1.12 bits per heavy atom. The molecular weight excluding hydrogens is 214 g/mol. The highest BCUT2D eigenvalue weighted by molar-refractivity contribution is 5.54. The van der Waals surface area contributed by atoms with Gasteiger partial charge in [0.15, 0.2) is 0 Å². The summed E-state index contributed by atoms with van der Waals surface area (Å²) in [5, 5.41) is 19.5. The second-order valence-corrected chi connectivity index (χ2v) is 4.13. The summed E-state index contributed by atoms with van der Waals surface area (Å²) < 4.78 is 0. The molecule has 1 atom stereocenters. The summed E-state index contributed by atoms with van der Waals surface area (Å²) in [5.41, 5.74) is 8.65. The van der Waals surface area contributed by atoms with E-state index in [-0.39, 0.29) is 5.75 Å². The van der Waals surface area contributed by atoms with Crippen LogP contribution in [-0.2, 0) is 0 Å². The van der Waals surface area contributed by atoms with Crippen LogP contribution in [0.25, 0.3) is 0 Å². The van der Waals surface area contributed by atoms with Crippen molar-refractivity contribution >= 4 is 5.69 Å². The molecule has 1 unspecified atom stereocenters. The minimum Gasteiger partial charge on any atom is -0.508 e. The molecule has 0 bridgehead atoms. The van der Waals surface area contributed by atoms with Crippen LogP contribution >= 0.6 is 0 Å². The number of aliphatic hydroxyl groups excluding tert-OH is 1. The summed E-state index contributed by atoms with van der Waals surface area (Å²) in [5.74, 6) is 0.0997. The molecule has 4 N–H and O–H groups in total. The van der Waals surface area contributed by atoms with Crippen LogP contribution in [0.3, 0.4) is 0 Å². The summed E-state index contributed by atoms with van der Waals surface area (Å²) in [6, 6.07) is 12.2. The topological polar surface area (TPSA) is 66.5 Å². The maximum atomic E-state index is 10.2. The number of rotatable bonds is 2. The van der Waals surface area contributed by atoms with Crippen molar-refractivity contribution < 1.29 is 10.2 Å². The van der Waals surface area contributed by atoms with E-state index < -0.39 is 6.10 Å². The predicted octanol–water partition coefficient (Wildman–Crippen LogP) is 2.36. The number of nitrogen functional groups attached to an aromatic ring is 1. The molecule has 3 heteroatoms. The molecule has 0 fully saturated rings. The molecule has 0 amide bonds. The van der Waals surface area contributed by atoms with E-state index in [0.29, 0.717) is 11.3 Å². The van der Waals surface area contributed by atoms with Crippen molar-refractivity contribution in [3.8, 4) is 5.75 Å². The van der Waals surface area contributed by atoms with Crippen LogP contribution in [0.5, 0.6) is 5.75 Å². The van der Waals surface area contributed by atoms with Crippen molar-refractivity contribution in [2.45, 2.75) is 13.0 Å². The zero-order valence-corrected chi connectivity index (χ0v) is 9.59. The Morgan fingerprint density at radius 2 is 1.88 bits per heavy atom. The molecule has 2 rings (SSSR count). The second kappa shape index (κ2) is 4.47. The number of aliphatic hydroxyl groups is 1. The highest BCUT2D eigenvalue weighted by atomic mass is 16.3. The Balaban J connectivity index is 2.40. The molecule has 3 nitrogen and oxygen atoms in total. The number of phenolic OH excluding ortho intramolecular Hbond substituents is 1. The van der Waals surface area contributed by atoms with Crippen LogP contribution in [0.4, 0.5) is 5.69 Å².